The molecule has 2 aromatic heterocycles. The van der Waals surface area contributed by atoms with Crippen molar-refractivity contribution in [3.8, 4) is 5.75 Å². The summed E-state index contributed by atoms with van der Waals surface area (Å²) in [5.41, 5.74) is 0.883. The van der Waals surface area contributed by atoms with Gasteiger partial charge in [-0.1, -0.05) is 6.92 Å². The van der Waals surface area contributed by atoms with Crippen LogP contribution in [0.2, 0.25) is 0 Å². The SMILES string of the molecule is CC(COc1ccc2c3ccncc3c(=O)n(CC3CC3)c2c1)CC(C)NC(=O)O. The van der Waals surface area contributed by atoms with E-state index in [2.05, 4.69) is 10.3 Å². The lowest BCUT2D eigenvalue weighted by molar-refractivity contribution is 0.185. The monoisotopic (exact) mass is 409 g/mol. The van der Waals surface area contributed by atoms with Gasteiger partial charge in [0.05, 0.1) is 17.5 Å². The Labute approximate surface area is 174 Å². The van der Waals surface area contributed by atoms with Crippen molar-refractivity contribution in [2.45, 2.75) is 45.7 Å². The number of benzene rings is 1. The van der Waals surface area contributed by atoms with E-state index in [9.17, 15) is 9.59 Å². The number of hydrogen-bond donors (Lipinski definition) is 2. The van der Waals surface area contributed by atoms with Crippen molar-refractivity contribution in [1.29, 1.82) is 0 Å². The van der Waals surface area contributed by atoms with E-state index in [1.807, 2.05) is 42.7 Å². The summed E-state index contributed by atoms with van der Waals surface area (Å²) in [6.07, 6.45) is 5.36. The van der Waals surface area contributed by atoms with Crippen molar-refractivity contribution in [3.05, 3.63) is 47.0 Å². The zero-order valence-corrected chi connectivity index (χ0v) is 17.3. The van der Waals surface area contributed by atoms with Crippen LogP contribution in [0.3, 0.4) is 0 Å². The molecule has 2 N–H and O–H groups in total. The molecular formula is C23H27N3O4. The molecule has 2 heterocycles. The molecular weight excluding hydrogens is 382 g/mol. The minimum Gasteiger partial charge on any atom is -0.493 e. The number of hydrogen-bond acceptors (Lipinski definition) is 4. The second-order valence-electron chi connectivity index (χ2n) is 8.46. The fraction of sp³-hybridized carbons (Fsp3) is 0.435. The lowest BCUT2D eigenvalue weighted by Crippen LogP contribution is -2.33. The van der Waals surface area contributed by atoms with Gasteiger partial charge in [0.15, 0.2) is 0 Å². The van der Waals surface area contributed by atoms with E-state index in [0.717, 1.165) is 35.7 Å². The smallest absolute Gasteiger partial charge is 0.404 e. The van der Waals surface area contributed by atoms with Gasteiger partial charge in [0.25, 0.3) is 5.56 Å². The number of carboxylic acid groups (broad SMARTS) is 1. The number of pyridine rings is 2. The van der Waals surface area contributed by atoms with Gasteiger partial charge in [-0.3, -0.25) is 9.78 Å². The maximum atomic E-state index is 13.1. The third kappa shape index (κ3) is 4.40. The van der Waals surface area contributed by atoms with Crippen molar-refractivity contribution in [2.24, 2.45) is 11.8 Å². The summed E-state index contributed by atoms with van der Waals surface area (Å²) in [4.78, 5) is 28.0. The molecule has 2 atom stereocenters. The van der Waals surface area contributed by atoms with Gasteiger partial charge in [-0.05, 0) is 61.6 Å². The van der Waals surface area contributed by atoms with Gasteiger partial charge in [-0.2, -0.15) is 0 Å². The topological polar surface area (TPSA) is 93.5 Å². The highest BCUT2D eigenvalue weighted by molar-refractivity contribution is 6.05. The van der Waals surface area contributed by atoms with E-state index in [1.165, 1.54) is 0 Å². The summed E-state index contributed by atoms with van der Waals surface area (Å²) in [6.45, 7) is 5.07. The minimum atomic E-state index is -1.01. The number of amides is 1. The summed E-state index contributed by atoms with van der Waals surface area (Å²) < 4.78 is 7.87. The molecule has 30 heavy (non-hydrogen) atoms. The van der Waals surface area contributed by atoms with Crippen molar-refractivity contribution >= 4 is 27.8 Å². The number of rotatable bonds is 8. The molecule has 4 rings (SSSR count). The molecule has 158 valence electrons. The summed E-state index contributed by atoms with van der Waals surface area (Å²) >= 11 is 0. The van der Waals surface area contributed by atoms with Gasteiger partial charge < -0.3 is 19.7 Å². The molecule has 1 aliphatic rings. The van der Waals surface area contributed by atoms with E-state index >= 15 is 0 Å². The van der Waals surface area contributed by atoms with E-state index in [-0.39, 0.29) is 17.5 Å². The van der Waals surface area contributed by atoms with E-state index < -0.39 is 6.09 Å². The van der Waals surface area contributed by atoms with Crippen molar-refractivity contribution in [1.82, 2.24) is 14.9 Å². The highest BCUT2D eigenvalue weighted by Gasteiger charge is 2.24. The first-order valence-electron chi connectivity index (χ1n) is 10.4. The molecule has 7 heteroatoms. The fourth-order valence-corrected chi connectivity index (χ4v) is 4.03. The predicted octanol–water partition coefficient (Wildman–Crippen LogP) is 4.02. The zero-order valence-electron chi connectivity index (χ0n) is 17.3. The lowest BCUT2D eigenvalue weighted by Gasteiger charge is -2.18. The third-order valence-corrected chi connectivity index (χ3v) is 5.64. The number of aromatic nitrogens is 2. The molecule has 0 bridgehead atoms. The Morgan fingerprint density at radius 2 is 2.07 bits per heavy atom. The normalized spacial score (nSPS) is 15.8. The van der Waals surface area contributed by atoms with Crippen molar-refractivity contribution in [3.63, 3.8) is 0 Å². The van der Waals surface area contributed by atoms with Gasteiger partial charge >= 0.3 is 6.09 Å². The second-order valence-corrected chi connectivity index (χ2v) is 8.46. The van der Waals surface area contributed by atoms with Crippen LogP contribution in [0.15, 0.2) is 41.5 Å². The predicted molar refractivity (Wildman–Crippen MR) is 116 cm³/mol. The molecule has 0 spiro atoms. The third-order valence-electron chi connectivity index (χ3n) is 5.64. The average Bonchev–Trinajstić information content (AvgIpc) is 3.53. The largest absolute Gasteiger partial charge is 0.493 e. The number of ether oxygens (including phenoxy) is 1. The lowest BCUT2D eigenvalue weighted by atomic mass is 10.0. The van der Waals surface area contributed by atoms with Crippen LogP contribution in [-0.4, -0.2) is 33.4 Å². The second kappa shape index (κ2) is 8.34. The van der Waals surface area contributed by atoms with Crippen LogP contribution in [0, 0.1) is 11.8 Å². The summed E-state index contributed by atoms with van der Waals surface area (Å²) in [5, 5.41) is 13.9. The van der Waals surface area contributed by atoms with Gasteiger partial charge in [0.1, 0.15) is 5.75 Å². The molecule has 1 aliphatic carbocycles. The van der Waals surface area contributed by atoms with Crippen molar-refractivity contribution < 1.29 is 14.6 Å². The Morgan fingerprint density at radius 1 is 1.27 bits per heavy atom. The molecule has 1 saturated carbocycles. The quantitative estimate of drug-likeness (QED) is 0.548. The first-order valence-corrected chi connectivity index (χ1v) is 10.4. The first-order chi connectivity index (χ1) is 14.4. The Morgan fingerprint density at radius 3 is 2.80 bits per heavy atom. The van der Waals surface area contributed by atoms with Crippen LogP contribution in [0.4, 0.5) is 4.79 Å². The Bertz CT molecular complexity index is 1140. The van der Waals surface area contributed by atoms with Crippen LogP contribution in [0.5, 0.6) is 5.75 Å². The number of fused-ring (bicyclic) bond motifs is 3. The van der Waals surface area contributed by atoms with E-state index in [4.69, 9.17) is 9.84 Å². The van der Waals surface area contributed by atoms with Gasteiger partial charge in [-0.15, -0.1) is 0 Å². The summed E-state index contributed by atoms with van der Waals surface area (Å²) in [6, 6.07) is 7.64. The fourth-order valence-electron chi connectivity index (χ4n) is 4.03. The first kappa shape index (κ1) is 20.2. The van der Waals surface area contributed by atoms with Gasteiger partial charge in [-0.25, -0.2) is 4.79 Å². The maximum absolute atomic E-state index is 13.1. The molecule has 1 fully saturated rings. The number of carbonyl (C=O) groups is 1. The van der Waals surface area contributed by atoms with Crippen LogP contribution in [0.1, 0.15) is 33.1 Å². The van der Waals surface area contributed by atoms with Crippen LogP contribution in [0.25, 0.3) is 21.7 Å². The van der Waals surface area contributed by atoms with Crippen LogP contribution >= 0.6 is 0 Å². The van der Waals surface area contributed by atoms with Crippen LogP contribution < -0.4 is 15.6 Å². The summed E-state index contributed by atoms with van der Waals surface area (Å²) in [7, 11) is 0. The van der Waals surface area contributed by atoms with Crippen molar-refractivity contribution in [2.75, 3.05) is 6.61 Å². The molecule has 3 aromatic rings. The van der Waals surface area contributed by atoms with Crippen LogP contribution in [-0.2, 0) is 6.54 Å². The number of nitrogens with one attached hydrogen (secondary N) is 1. The molecule has 0 aliphatic heterocycles. The minimum absolute atomic E-state index is 0.00316. The average molecular weight is 409 g/mol. The molecule has 0 saturated heterocycles. The zero-order chi connectivity index (χ0) is 21.3. The Hall–Kier alpha value is -3.09. The highest BCUT2D eigenvalue weighted by atomic mass is 16.5. The maximum Gasteiger partial charge on any atom is 0.404 e. The molecule has 0 radical (unpaired) electrons. The van der Waals surface area contributed by atoms with E-state index in [1.54, 1.807) is 12.4 Å². The molecule has 2 unspecified atom stereocenters. The standard InChI is InChI=1S/C23H27N3O4/c1-14(9-15(2)25-23(28)29)13-30-17-5-6-19-18-7-8-24-11-20(18)22(27)26(21(19)10-17)12-16-3-4-16/h5-8,10-11,14-16,25H,3-4,9,12-13H2,1-2H3,(H,28,29). The summed E-state index contributed by atoms with van der Waals surface area (Å²) in [5.74, 6) is 1.46. The molecule has 1 aromatic carbocycles. The Balaban J connectivity index is 1.60. The van der Waals surface area contributed by atoms with Gasteiger partial charge in [0, 0.05) is 36.4 Å². The van der Waals surface area contributed by atoms with Gasteiger partial charge in [0.2, 0.25) is 0 Å². The Kier molecular flexibility index (Phi) is 5.61. The molecule has 7 nitrogen and oxygen atoms in total. The molecule has 1 amide bonds. The van der Waals surface area contributed by atoms with E-state index in [0.29, 0.717) is 30.1 Å². The number of nitrogens with zero attached hydrogens (tertiary/aromatic N) is 2. The highest BCUT2D eigenvalue weighted by Crippen LogP contribution is 2.33.